The predicted molar refractivity (Wildman–Crippen MR) is 88.1 cm³/mol. The first-order valence-corrected chi connectivity index (χ1v) is 9.04. The van der Waals surface area contributed by atoms with Gasteiger partial charge in [-0.3, -0.25) is 9.25 Å². The van der Waals surface area contributed by atoms with E-state index in [1.54, 1.807) is 0 Å². The molecule has 1 saturated carbocycles. The summed E-state index contributed by atoms with van der Waals surface area (Å²) < 4.78 is 5.16. The lowest BCUT2D eigenvalue weighted by Crippen LogP contribution is -2.21. The Morgan fingerprint density at radius 3 is 2.95 bits per heavy atom. The number of imidazole rings is 1. The number of H-pyrrole nitrogens is 1. The van der Waals surface area contributed by atoms with E-state index in [4.69, 9.17) is 12.2 Å². The third kappa shape index (κ3) is 2.22. The minimum absolute atomic E-state index is 0.516. The van der Waals surface area contributed by atoms with Crippen LogP contribution < -0.4 is 0 Å². The number of thioether (sulfide) groups is 1. The maximum Gasteiger partial charge on any atom is 0.179 e. The van der Waals surface area contributed by atoms with Crippen molar-refractivity contribution in [2.24, 2.45) is 7.05 Å². The zero-order valence-corrected chi connectivity index (χ0v) is 14.0. The summed E-state index contributed by atoms with van der Waals surface area (Å²) in [5, 5.41) is 5.38. The number of hydrogen-bond donors (Lipinski definition) is 1. The Morgan fingerprint density at radius 1 is 1.45 bits per heavy atom. The second kappa shape index (κ2) is 5.56. The minimum atomic E-state index is 0.516. The van der Waals surface area contributed by atoms with Gasteiger partial charge in [0.25, 0.3) is 0 Å². The highest BCUT2D eigenvalue weighted by Gasteiger charge is 2.26. The maximum absolute atomic E-state index is 5.59. The smallest absolute Gasteiger partial charge is 0.179 e. The van der Waals surface area contributed by atoms with Crippen LogP contribution in [0.2, 0.25) is 0 Å². The van der Waals surface area contributed by atoms with Crippen molar-refractivity contribution in [1.29, 1.82) is 0 Å². The van der Waals surface area contributed by atoms with Gasteiger partial charge in [-0.2, -0.15) is 16.9 Å². The lowest BCUT2D eigenvalue weighted by molar-refractivity contribution is 0.361. The molecule has 2 atom stereocenters. The summed E-state index contributed by atoms with van der Waals surface area (Å²) in [7, 11) is 2.02. The molecular weight excluding hydrogens is 288 g/mol. The van der Waals surface area contributed by atoms with Gasteiger partial charge in [0.15, 0.2) is 10.4 Å². The van der Waals surface area contributed by atoms with Crippen molar-refractivity contribution in [3.63, 3.8) is 0 Å². The number of rotatable bonds is 3. The molecule has 4 nitrogen and oxygen atoms in total. The number of fused-ring (bicyclic) bond motifs is 1. The van der Waals surface area contributed by atoms with Crippen molar-refractivity contribution in [1.82, 2.24) is 19.3 Å². The highest BCUT2D eigenvalue weighted by Crippen LogP contribution is 2.36. The van der Waals surface area contributed by atoms with E-state index in [1.807, 2.05) is 23.5 Å². The second-order valence-corrected chi connectivity index (χ2v) is 7.13. The van der Waals surface area contributed by atoms with Gasteiger partial charge in [-0.15, -0.1) is 0 Å². The molecule has 20 heavy (non-hydrogen) atoms. The van der Waals surface area contributed by atoms with Crippen LogP contribution in [0.3, 0.4) is 0 Å². The molecule has 2 heterocycles. The maximum atomic E-state index is 5.59. The molecular formula is C14H22N4S2. The Labute approximate surface area is 128 Å². The average molecular weight is 310 g/mol. The van der Waals surface area contributed by atoms with E-state index in [2.05, 4.69) is 27.8 Å². The van der Waals surface area contributed by atoms with E-state index in [0.717, 1.165) is 27.7 Å². The zero-order chi connectivity index (χ0) is 14.3. The van der Waals surface area contributed by atoms with Gasteiger partial charge >= 0.3 is 0 Å². The normalized spacial score (nSPS) is 23.6. The van der Waals surface area contributed by atoms with Crippen molar-refractivity contribution in [3.8, 4) is 0 Å². The Morgan fingerprint density at radius 2 is 2.25 bits per heavy atom. The molecule has 0 radical (unpaired) electrons. The average Bonchev–Trinajstić information content (AvgIpc) is 2.95. The zero-order valence-electron chi connectivity index (χ0n) is 12.3. The fourth-order valence-corrected chi connectivity index (χ4v) is 4.55. The molecule has 0 aliphatic heterocycles. The van der Waals surface area contributed by atoms with Crippen LogP contribution in [0.4, 0.5) is 0 Å². The van der Waals surface area contributed by atoms with Gasteiger partial charge in [-0.25, -0.2) is 0 Å². The van der Waals surface area contributed by atoms with Crippen molar-refractivity contribution < 1.29 is 0 Å². The van der Waals surface area contributed by atoms with E-state index < -0.39 is 0 Å². The van der Waals surface area contributed by atoms with Gasteiger partial charge in [0.1, 0.15) is 5.52 Å². The number of nitrogens with zero attached hydrogens (tertiary/aromatic N) is 3. The Kier molecular flexibility index (Phi) is 3.95. The lowest BCUT2D eigenvalue weighted by Gasteiger charge is -2.29. The van der Waals surface area contributed by atoms with Crippen LogP contribution in [0.5, 0.6) is 0 Å². The summed E-state index contributed by atoms with van der Waals surface area (Å²) in [6.45, 7) is 2.14. The number of aromatic nitrogens is 4. The molecule has 1 aliphatic carbocycles. The summed E-state index contributed by atoms with van der Waals surface area (Å²) >= 11 is 7.58. The van der Waals surface area contributed by atoms with Gasteiger partial charge < -0.3 is 4.98 Å². The van der Waals surface area contributed by atoms with E-state index in [1.165, 1.54) is 31.3 Å². The Bertz CT molecular complexity index is 667. The fraction of sp³-hybridized carbons (Fsp3) is 0.714. The number of hydrogen-bond acceptors (Lipinski definition) is 3. The predicted octanol–water partition coefficient (Wildman–Crippen LogP) is 3.84. The third-order valence-electron chi connectivity index (χ3n) is 4.40. The number of aromatic amines is 1. The van der Waals surface area contributed by atoms with E-state index >= 15 is 0 Å². The van der Waals surface area contributed by atoms with Gasteiger partial charge in [0.2, 0.25) is 0 Å². The molecule has 1 aliphatic rings. The Balaban J connectivity index is 2.09. The quantitative estimate of drug-likeness (QED) is 0.875. The Hall–Kier alpha value is -0.750. The van der Waals surface area contributed by atoms with Crippen LogP contribution >= 0.6 is 24.0 Å². The molecule has 0 aromatic carbocycles. The molecule has 0 saturated heterocycles. The summed E-state index contributed by atoms with van der Waals surface area (Å²) in [5.74, 6) is 0. The highest BCUT2D eigenvalue weighted by molar-refractivity contribution is 7.99. The molecule has 2 aromatic rings. The van der Waals surface area contributed by atoms with E-state index in [-0.39, 0.29) is 0 Å². The largest absolute Gasteiger partial charge is 0.328 e. The van der Waals surface area contributed by atoms with Gasteiger partial charge in [0.05, 0.1) is 5.69 Å². The molecule has 0 spiro atoms. The SMILES string of the molecule is CCc1nn(C)c2c1[nH]c(=S)n2C1CCCC(SC)C1. The van der Waals surface area contributed by atoms with Crippen molar-refractivity contribution in [2.45, 2.75) is 50.3 Å². The van der Waals surface area contributed by atoms with E-state index in [9.17, 15) is 0 Å². The van der Waals surface area contributed by atoms with Crippen LogP contribution in [0.1, 0.15) is 44.3 Å². The van der Waals surface area contributed by atoms with Crippen LogP contribution in [-0.2, 0) is 13.5 Å². The molecule has 1 fully saturated rings. The first-order chi connectivity index (χ1) is 9.65. The van der Waals surface area contributed by atoms with Gasteiger partial charge in [-0.1, -0.05) is 13.3 Å². The van der Waals surface area contributed by atoms with Gasteiger partial charge in [-0.05, 0) is 44.2 Å². The fourth-order valence-electron chi connectivity index (χ4n) is 3.39. The lowest BCUT2D eigenvalue weighted by atomic mass is 9.95. The first-order valence-electron chi connectivity index (χ1n) is 7.34. The van der Waals surface area contributed by atoms with Crippen LogP contribution in [0, 0.1) is 4.77 Å². The molecule has 3 rings (SSSR count). The van der Waals surface area contributed by atoms with Crippen LogP contribution in [-0.4, -0.2) is 30.8 Å². The summed E-state index contributed by atoms with van der Waals surface area (Å²) in [4.78, 5) is 3.39. The van der Waals surface area contributed by atoms with Gasteiger partial charge in [0, 0.05) is 18.3 Å². The van der Waals surface area contributed by atoms with Crippen molar-refractivity contribution >= 4 is 35.1 Å². The van der Waals surface area contributed by atoms with E-state index in [0.29, 0.717) is 6.04 Å². The highest BCUT2D eigenvalue weighted by atomic mass is 32.2. The number of aryl methyl sites for hydroxylation is 2. The van der Waals surface area contributed by atoms with Crippen LogP contribution in [0.25, 0.3) is 11.2 Å². The molecule has 0 bridgehead atoms. The summed E-state index contributed by atoms with van der Waals surface area (Å²) in [6, 6.07) is 0.516. The molecule has 110 valence electrons. The first kappa shape index (κ1) is 14.2. The second-order valence-electron chi connectivity index (χ2n) is 5.60. The molecule has 0 amide bonds. The standard InChI is InChI=1S/C14H22N4S2/c1-4-11-12-13(17(2)16-11)18(14(19)15-12)9-6-5-7-10(8-9)20-3/h9-10H,4-8H2,1-3H3,(H,15,19). The summed E-state index contributed by atoms with van der Waals surface area (Å²) in [5.41, 5.74) is 3.41. The third-order valence-corrected chi connectivity index (χ3v) is 5.79. The van der Waals surface area contributed by atoms with Crippen molar-refractivity contribution in [3.05, 3.63) is 10.5 Å². The molecule has 6 heteroatoms. The van der Waals surface area contributed by atoms with Crippen molar-refractivity contribution in [2.75, 3.05) is 6.26 Å². The summed E-state index contributed by atoms with van der Waals surface area (Å²) in [6.07, 6.45) is 8.23. The number of nitrogens with one attached hydrogen (secondary N) is 1. The topological polar surface area (TPSA) is 38.5 Å². The van der Waals surface area contributed by atoms with Crippen LogP contribution in [0.15, 0.2) is 0 Å². The minimum Gasteiger partial charge on any atom is -0.328 e. The molecule has 2 aromatic heterocycles. The molecule has 1 N–H and O–H groups in total. The monoisotopic (exact) mass is 310 g/mol. The molecule has 2 unspecified atom stereocenters.